The molecule has 2 N–H and O–H groups in total. The van der Waals surface area contributed by atoms with Crippen molar-refractivity contribution in [2.45, 2.75) is 38.1 Å². The van der Waals surface area contributed by atoms with Crippen molar-refractivity contribution in [1.82, 2.24) is 19.3 Å². The first-order valence-corrected chi connectivity index (χ1v) is 13.2. The Hall–Kier alpha value is -3.47. The zero-order valence-corrected chi connectivity index (χ0v) is 22.6. The molecule has 0 saturated carbocycles. The number of nitrogens with zero attached hydrogens (tertiary/aromatic N) is 5. The number of hydrogen-bond donors (Lipinski definition) is 2. The number of piperazine rings is 1. The number of amides is 1. The maximum Gasteiger partial charge on any atom is 0.417 e. The number of benzene rings is 1. The number of halogens is 3. The van der Waals surface area contributed by atoms with Gasteiger partial charge in [-0.15, -0.1) is 0 Å². The third-order valence-electron chi connectivity index (χ3n) is 8.00. The van der Waals surface area contributed by atoms with Crippen molar-refractivity contribution in [2.75, 3.05) is 59.0 Å². The minimum absolute atomic E-state index is 0.111. The normalized spacial score (nSPS) is 25.1. The van der Waals surface area contributed by atoms with Gasteiger partial charge in [0.1, 0.15) is 11.2 Å². The van der Waals surface area contributed by atoms with Crippen LogP contribution in [0.5, 0.6) is 11.8 Å². The molecule has 4 heterocycles. The molecule has 40 heavy (non-hydrogen) atoms. The molecule has 2 aromatic rings. The largest absolute Gasteiger partial charge is 0.494 e. The summed E-state index contributed by atoms with van der Waals surface area (Å²) in [5.41, 5.74) is -3.16. The summed E-state index contributed by atoms with van der Waals surface area (Å²) in [6.07, 6.45) is -5.09. The molecular formula is C27H32F3N5O5. The molecule has 216 valence electrons. The van der Waals surface area contributed by atoms with Gasteiger partial charge in [0, 0.05) is 52.4 Å². The quantitative estimate of drug-likeness (QED) is 0.570. The lowest BCUT2D eigenvalue weighted by Gasteiger charge is -2.44. The number of rotatable bonds is 5. The molecule has 1 aromatic heterocycles. The van der Waals surface area contributed by atoms with Crippen molar-refractivity contribution in [3.63, 3.8) is 0 Å². The summed E-state index contributed by atoms with van der Waals surface area (Å²) in [4.78, 5) is 18.1. The molecule has 1 aromatic carbocycles. The second-order valence-electron chi connectivity index (χ2n) is 10.9. The van der Waals surface area contributed by atoms with E-state index in [-0.39, 0.29) is 11.8 Å². The van der Waals surface area contributed by atoms with Crippen molar-refractivity contribution >= 4 is 6.09 Å². The fraction of sp³-hybridized carbons (Fsp3) is 0.556. The Bertz CT molecular complexity index is 1320. The average Bonchev–Trinajstić information content (AvgIpc) is 3.27. The van der Waals surface area contributed by atoms with Crippen LogP contribution in [0.2, 0.25) is 0 Å². The average molecular weight is 564 g/mol. The number of fused-ring (bicyclic) bond motifs is 5. The molecule has 3 aliphatic rings. The topological polar surface area (TPSA) is 114 Å². The molecule has 2 bridgehead atoms. The SMILES string of the molecule is CCOC(=O)N1CCN(CCN2C[C@@]3(C)O[C@@](C)(C2)c2c3c(O)n(-c3ccc(C#N)c(C(F)(F)F)c3)c2O)CC1. The summed E-state index contributed by atoms with van der Waals surface area (Å²) < 4.78 is 53.2. The molecule has 0 aliphatic carbocycles. The minimum atomic E-state index is -4.79. The molecule has 0 radical (unpaired) electrons. The first-order valence-electron chi connectivity index (χ1n) is 13.2. The first-order chi connectivity index (χ1) is 18.8. The monoisotopic (exact) mass is 563 g/mol. The Morgan fingerprint density at radius 1 is 1.05 bits per heavy atom. The van der Waals surface area contributed by atoms with Gasteiger partial charge in [0.05, 0.1) is 40.6 Å². The second-order valence-corrected chi connectivity index (χ2v) is 10.9. The zero-order valence-electron chi connectivity index (χ0n) is 22.6. The Labute approximate surface area is 229 Å². The van der Waals surface area contributed by atoms with Crippen LogP contribution in [0.15, 0.2) is 18.2 Å². The van der Waals surface area contributed by atoms with Crippen LogP contribution < -0.4 is 0 Å². The van der Waals surface area contributed by atoms with Crippen LogP contribution in [-0.4, -0.2) is 94.5 Å². The molecule has 5 rings (SSSR count). The Morgan fingerprint density at radius 3 is 2.15 bits per heavy atom. The van der Waals surface area contributed by atoms with E-state index in [1.165, 1.54) is 12.1 Å². The number of carbonyl (C=O) groups excluding carboxylic acids is 1. The molecule has 2 saturated heterocycles. The van der Waals surface area contributed by atoms with Gasteiger partial charge in [0.2, 0.25) is 11.8 Å². The summed E-state index contributed by atoms with van der Waals surface area (Å²) in [6.45, 7) is 10.5. The molecule has 13 heteroatoms. The number of aromatic hydroxyl groups is 2. The summed E-state index contributed by atoms with van der Waals surface area (Å²) >= 11 is 0. The molecule has 2 atom stereocenters. The number of ether oxygens (including phenoxy) is 2. The lowest BCUT2D eigenvalue weighted by atomic mass is 9.94. The molecular weight excluding hydrogens is 531 g/mol. The molecule has 3 aliphatic heterocycles. The van der Waals surface area contributed by atoms with E-state index in [2.05, 4.69) is 9.80 Å². The third kappa shape index (κ3) is 4.63. The predicted molar refractivity (Wildman–Crippen MR) is 136 cm³/mol. The van der Waals surface area contributed by atoms with Crippen LogP contribution >= 0.6 is 0 Å². The van der Waals surface area contributed by atoms with Gasteiger partial charge in [-0.1, -0.05) is 0 Å². The Balaban J connectivity index is 1.35. The van der Waals surface area contributed by atoms with Gasteiger partial charge in [-0.05, 0) is 39.0 Å². The first kappa shape index (κ1) is 28.1. The molecule has 0 unspecified atom stereocenters. The number of morpholine rings is 1. The lowest BCUT2D eigenvalue weighted by molar-refractivity contribution is -0.187. The van der Waals surface area contributed by atoms with Gasteiger partial charge in [-0.3, -0.25) is 14.4 Å². The summed E-state index contributed by atoms with van der Waals surface area (Å²) in [7, 11) is 0. The number of hydrogen-bond acceptors (Lipinski definition) is 8. The lowest BCUT2D eigenvalue weighted by Crippen LogP contribution is -2.55. The van der Waals surface area contributed by atoms with Gasteiger partial charge >= 0.3 is 12.3 Å². The van der Waals surface area contributed by atoms with Crippen LogP contribution in [0, 0.1) is 11.3 Å². The predicted octanol–water partition coefficient (Wildman–Crippen LogP) is 3.33. The van der Waals surface area contributed by atoms with Gasteiger partial charge < -0.3 is 24.6 Å². The van der Waals surface area contributed by atoms with Crippen molar-refractivity contribution in [3.8, 4) is 23.5 Å². The van der Waals surface area contributed by atoms with Gasteiger partial charge in [0.25, 0.3) is 0 Å². The van der Waals surface area contributed by atoms with E-state index in [1.807, 2.05) is 0 Å². The number of carbonyl (C=O) groups is 1. The highest BCUT2D eigenvalue weighted by atomic mass is 19.4. The summed E-state index contributed by atoms with van der Waals surface area (Å²) in [6, 6.07) is 4.58. The van der Waals surface area contributed by atoms with Crippen molar-refractivity contribution in [3.05, 3.63) is 40.5 Å². The van der Waals surface area contributed by atoms with E-state index in [4.69, 9.17) is 14.7 Å². The summed E-state index contributed by atoms with van der Waals surface area (Å²) in [5, 5.41) is 31.7. The minimum Gasteiger partial charge on any atom is -0.494 e. The van der Waals surface area contributed by atoms with E-state index in [0.717, 1.165) is 36.3 Å². The third-order valence-corrected chi connectivity index (χ3v) is 8.00. The highest BCUT2D eigenvalue weighted by Gasteiger charge is 2.58. The van der Waals surface area contributed by atoms with Gasteiger partial charge in [0.15, 0.2) is 0 Å². The van der Waals surface area contributed by atoms with E-state index < -0.39 is 40.3 Å². The smallest absolute Gasteiger partial charge is 0.417 e. The highest BCUT2D eigenvalue weighted by molar-refractivity contribution is 5.67. The van der Waals surface area contributed by atoms with Crippen LogP contribution in [0.1, 0.15) is 43.0 Å². The van der Waals surface area contributed by atoms with E-state index in [1.54, 1.807) is 25.7 Å². The standard InChI is InChI=1S/C27H32F3N5O5/c1-4-39-24(38)34-11-9-32(10-12-34)7-8-33-15-25(2)20-21(26(3,16-33)40-25)23(37)35(22(20)36)18-6-5-17(14-31)19(13-18)27(28,29)30/h5-6,13,36-37H,4,7-12,15-16H2,1-3H3/t25-,26+. The zero-order chi connectivity index (χ0) is 29.0. The maximum atomic E-state index is 13.6. The van der Waals surface area contributed by atoms with Crippen LogP contribution in [0.4, 0.5) is 18.0 Å². The van der Waals surface area contributed by atoms with Crippen LogP contribution in [0.25, 0.3) is 5.69 Å². The van der Waals surface area contributed by atoms with Gasteiger partial charge in [-0.2, -0.15) is 18.4 Å². The number of nitriles is 1. The molecule has 2 fully saturated rings. The van der Waals surface area contributed by atoms with Crippen molar-refractivity contribution in [1.29, 1.82) is 5.26 Å². The Kier molecular flexibility index (Phi) is 6.92. The second kappa shape index (κ2) is 9.87. The van der Waals surface area contributed by atoms with Crippen LogP contribution in [-0.2, 0) is 26.9 Å². The van der Waals surface area contributed by atoms with E-state index in [9.17, 15) is 28.2 Å². The highest BCUT2D eigenvalue weighted by Crippen LogP contribution is 2.59. The number of alkyl halides is 3. The van der Waals surface area contributed by atoms with E-state index in [0.29, 0.717) is 50.5 Å². The fourth-order valence-corrected chi connectivity index (χ4v) is 6.34. The molecule has 10 nitrogen and oxygen atoms in total. The van der Waals surface area contributed by atoms with E-state index >= 15 is 0 Å². The van der Waals surface area contributed by atoms with Gasteiger partial charge in [-0.25, -0.2) is 4.79 Å². The number of aromatic nitrogens is 1. The molecule has 0 spiro atoms. The Morgan fingerprint density at radius 2 is 1.62 bits per heavy atom. The van der Waals surface area contributed by atoms with Crippen LogP contribution in [0.3, 0.4) is 0 Å². The molecule has 1 amide bonds. The fourth-order valence-electron chi connectivity index (χ4n) is 6.34. The maximum absolute atomic E-state index is 13.6. The van der Waals surface area contributed by atoms with Crippen molar-refractivity contribution in [2.24, 2.45) is 0 Å². The van der Waals surface area contributed by atoms with Crippen molar-refractivity contribution < 1.29 is 37.7 Å². The summed E-state index contributed by atoms with van der Waals surface area (Å²) in [5.74, 6) is -0.790.